The molecule has 1 atom stereocenters. The molecule has 0 saturated heterocycles. The minimum absolute atomic E-state index is 0.0221. The summed E-state index contributed by atoms with van der Waals surface area (Å²) in [7, 11) is 3.24. The Morgan fingerprint density at radius 1 is 1.15 bits per heavy atom. The second-order valence-corrected chi connectivity index (χ2v) is 6.33. The predicted molar refractivity (Wildman–Crippen MR) is 96.6 cm³/mol. The summed E-state index contributed by atoms with van der Waals surface area (Å²) in [6.45, 7) is 2.00. The molecule has 1 aliphatic heterocycles. The van der Waals surface area contributed by atoms with Gasteiger partial charge in [0, 0.05) is 31.8 Å². The molecule has 1 unspecified atom stereocenters. The van der Waals surface area contributed by atoms with Gasteiger partial charge in [-0.1, -0.05) is 0 Å². The van der Waals surface area contributed by atoms with Crippen molar-refractivity contribution in [2.24, 2.45) is 0 Å². The van der Waals surface area contributed by atoms with Crippen molar-refractivity contribution in [1.82, 2.24) is 4.90 Å². The highest BCUT2D eigenvalue weighted by Crippen LogP contribution is 2.33. The number of β-amino-alcohol motifs (C(OH)–C–C–N with tert-alkyl or cyclic N) is 1. The van der Waals surface area contributed by atoms with E-state index >= 15 is 0 Å². The van der Waals surface area contributed by atoms with Crippen LogP contribution in [0.5, 0.6) is 11.5 Å². The fourth-order valence-electron chi connectivity index (χ4n) is 3.27. The number of aliphatic hydroxyl groups excluding tert-OH is 1. The first kappa shape index (κ1) is 18.2. The first-order valence-corrected chi connectivity index (χ1v) is 8.40. The maximum absolute atomic E-state index is 10.7. The van der Waals surface area contributed by atoms with E-state index in [1.807, 2.05) is 12.1 Å². The van der Waals surface area contributed by atoms with Crippen molar-refractivity contribution in [2.75, 3.05) is 27.3 Å². The molecule has 3 rings (SSSR count). The molecule has 0 fully saturated rings. The summed E-state index contributed by atoms with van der Waals surface area (Å²) >= 11 is 0. The predicted octanol–water partition coefficient (Wildman–Crippen LogP) is 2.70. The Bertz CT molecular complexity index is 791. The van der Waals surface area contributed by atoms with Crippen LogP contribution >= 0.6 is 0 Å². The van der Waals surface area contributed by atoms with Crippen molar-refractivity contribution in [1.29, 1.82) is 0 Å². The number of benzene rings is 2. The topological polar surface area (TPSA) is 85.1 Å². The highest BCUT2D eigenvalue weighted by molar-refractivity contribution is 5.48. The largest absolute Gasteiger partial charge is 0.493 e. The molecule has 0 bridgehead atoms. The summed E-state index contributed by atoms with van der Waals surface area (Å²) < 4.78 is 10.7. The molecule has 0 amide bonds. The number of nitrogens with zero attached hydrogens (tertiary/aromatic N) is 2. The Labute approximate surface area is 151 Å². The van der Waals surface area contributed by atoms with E-state index in [2.05, 4.69) is 4.90 Å². The molecule has 26 heavy (non-hydrogen) atoms. The molecule has 0 saturated carbocycles. The van der Waals surface area contributed by atoms with Crippen molar-refractivity contribution < 1.29 is 19.5 Å². The van der Waals surface area contributed by atoms with Crippen molar-refractivity contribution >= 4 is 5.69 Å². The molecule has 0 spiro atoms. The number of hydrogen-bond acceptors (Lipinski definition) is 6. The Hall–Kier alpha value is -2.64. The lowest BCUT2D eigenvalue weighted by Gasteiger charge is -2.31. The number of ether oxygens (including phenoxy) is 2. The number of methoxy groups -OCH3 is 2. The van der Waals surface area contributed by atoms with E-state index in [1.165, 1.54) is 17.7 Å². The van der Waals surface area contributed by atoms with E-state index < -0.39 is 11.0 Å². The van der Waals surface area contributed by atoms with Crippen LogP contribution in [0.3, 0.4) is 0 Å². The number of rotatable bonds is 6. The molecule has 0 aliphatic carbocycles. The number of nitro groups is 1. The third-order valence-corrected chi connectivity index (χ3v) is 4.72. The third-order valence-electron chi connectivity index (χ3n) is 4.72. The Balaban J connectivity index is 1.69. The molecule has 0 aromatic heterocycles. The van der Waals surface area contributed by atoms with Gasteiger partial charge in [0.25, 0.3) is 5.69 Å². The Morgan fingerprint density at radius 3 is 2.35 bits per heavy atom. The van der Waals surface area contributed by atoms with E-state index in [-0.39, 0.29) is 5.69 Å². The minimum atomic E-state index is -0.697. The lowest BCUT2D eigenvalue weighted by atomic mass is 9.98. The summed E-state index contributed by atoms with van der Waals surface area (Å²) in [6, 6.07) is 10.0. The van der Waals surface area contributed by atoms with E-state index in [0.717, 1.165) is 24.3 Å². The summed E-state index contributed by atoms with van der Waals surface area (Å²) in [6.07, 6.45) is 0.167. The SMILES string of the molecule is COc1cc2c(cc1OC)CN(CC(O)c1ccc([N+](=O)[O-])cc1)CC2. The monoisotopic (exact) mass is 358 g/mol. The second kappa shape index (κ2) is 7.72. The zero-order chi connectivity index (χ0) is 18.7. The number of aliphatic hydroxyl groups is 1. The fourth-order valence-corrected chi connectivity index (χ4v) is 3.27. The Kier molecular flexibility index (Phi) is 5.39. The van der Waals surface area contributed by atoms with Gasteiger partial charge >= 0.3 is 0 Å². The maximum atomic E-state index is 10.7. The number of fused-ring (bicyclic) bond motifs is 1. The highest BCUT2D eigenvalue weighted by atomic mass is 16.6. The van der Waals surface area contributed by atoms with Crippen LogP contribution in [0.1, 0.15) is 22.8 Å². The normalized spacial score (nSPS) is 15.2. The van der Waals surface area contributed by atoms with Crippen LogP contribution in [0, 0.1) is 10.1 Å². The van der Waals surface area contributed by atoms with Gasteiger partial charge in [-0.25, -0.2) is 0 Å². The molecule has 0 radical (unpaired) electrons. The summed E-state index contributed by atoms with van der Waals surface area (Å²) in [5.74, 6) is 1.43. The van der Waals surface area contributed by atoms with Gasteiger partial charge in [0.05, 0.1) is 25.2 Å². The summed E-state index contributed by atoms with van der Waals surface area (Å²) in [5, 5.41) is 21.2. The lowest BCUT2D eigenvalue weighted by molar-refractivity contribution is -0.384. The van der Waals surface area contributed by atoms with Gasteiger partial charge < -0.3 is 14.6 Å². The molecule has 1 N–H and O–H groups in total. The fraction of sp³-hybridized carbons (Fsp3) is 0.368. The smallest absolute Gasteiger partial charge is 0.269 e. The molecule has 1 aliphatic rings. The molecule has 1 heterocycles. The van der Waals surface area contributed by atoms with Gasteiger partial charge in [-0.05, 0) is 47.4 Å². The maximum Gasteiger partial charge on any atom is 0.269 e. The van der Waals surface area contributed by atoms with Gasteiger partial charge in [-0.15, -0.1) is 0 Å². The summed E-state index contributed by atoms with van der Waals surface area (Å²) in [5.41, 5.74) is 3.08. The molecule has 138 valence electrons. The highest BCUT2D eigenvalue weighted by Gasteiger charge is 2.22. The zero-order valence-electron chi connectivity index (χ0n) is 14.8. The van der Waals surface area contributed by atoms with E-state index in [4.69, 9.17) is 9.47 Å². The first-order valence-electron chi connectivity index (χ1n) is 8.40. The van der Waals surface area contributed by atoms with Crippen LogP contribution in [0.15, 0.2) is 36.4 Å². The number of non-ortho nitro benzene ring substituents is 1. The second-order valence-electron chi connectivity index (χ2n) is 6.33. The average molecular weight is 358 g/mol. The molecule has 7 nitrogen and oxygen atoms in total. The van der Waals surface area contributed by atoms with Crippen LogP contribution in [-0.4, -0.2) is 42.2 Å². The first-order chi connectivity index (χ1) is 12.5. The van der Waals surface area contributed by atoms with E-state index in [9.17, 15) is 15.2 Å². The molecule has 7 heteroatoms. The van der Waals surface area contributed by atoms with Crippen LogP contribution < -0.4 is 9.47 Å². The van der Waals surface area contributed by atoms with Crippen molar-refractivity contribution in [3.8, 4) is 11.5 Å². The van der Waals surface area contributed by atoms with Crippen LogP contribution in [0.2, 0.25) is 0 Å². The van der Waals surface area contributed by atoms with E-state index in [1.54, 1.807) is 26.4 Å². The summed E-state index contributed by atoms with van der Waals surface area (Å²) in [4.78, 5) is 12.5. The number of hydrogen-bond donors (Lipinski definition) is 1. The molecule has 2 aromatic carbocycles. The van der Waals surface area contributed by atoms with Crippen LogP contribution in [-0.2, 0) is 13.0 Å². The third kappa shape index (κ3) is 3.79. The van der Waals surface area contributed by atoms with Crippen molar-refractivity contribution in [2.45, 2.75) is 19.1 Å². The number of nitro benzene ring substituents is 1. The Morgan fingerprint density at radius 2 is 1.77 bits per heavy atom. The standard InChI is InChI=1S/C19H22N2O5/c1-25-18-9-14-7-8-20(11-15(14)10-19(18)26-2)12-17(22)13-3-5-16(6-4-13)21(23)24/h3-6,9-10,17,22H,7-8,11-12H2,1-2H3. The van der Waals surface area contributed by atoms with Crippen LogP contribution in [0.25, 0.3) is 0 Å². The van der Waals surface area contributed by atoms with Gasteiger partial charge in [0.1, 0.15) is 0 Å². The van der Waals surface area contributed by atoms with E-state index in [0.29, 0.717) is 24.4 Å². The van der Waals surface area contributed by atoms with Gasteiger partial charge in [-0.3, -0.25) is 15.0 Å². The van der Waals surface area contributed by atoms with Gasteiger partial charge in [0.2, 0.25) is 0 Å². The molecular weight excluding hydrogens is 336 g/mol. The van der Waals surface area contributed by atoms with Crippen molar-refractivity contribution in [3.63, 3.8) is 0 Å². The van der Waals surface area contributed by atoms with Gasteiger partial charge in [0.15, 0.2) is 11.5 Å². The molecular formula is C19H22N2O5. The lowest BCUT2D eigenvalue weighted by Crippen LogP contribution is -2.34. The van der Waals surface area contributed by atoms with Gasteiger partial charge in [-0.2, -0.15) is 0 Å². The van der Waals surface area contributed by atoms with Crippen molar-refractivity contribution in [3.05, 3.63) is 63.2 Å². The molecule has 2 aromatic rings. The quantitative estimate of drug-likeness (QED) is 0.631. The van der Waals surface area contributed by atoms with Crippen LogP contribution in [0.4, 0.5) is 5.69 Å². The average Bonchev–Trinajstić information content (AvgIpc) is 2.66. The zero-order valence-corrected chi connectivity index (χ0v) is 14.8. The minimum Gasteiger partial charge on any atom is -0.493 e.